The van der Waals surface area contributed by atoms with Crippen LogP contribution in [0, 0.1) is 13.8 Å². The summed E-state index contributed by atoms with van der Waals surface area (Å²) in [5.41, 5.74) is 4.07. The molecular weight excluding hydrogens is 262 g/mol. The summed E-state index contributed by atoms with van der Waals surface area (Å²) in [7, 11) is 0. The highest BCUT2D eigenvalue weighted by Crippen LogP contribution is 2.21. The summed E-state index contributed by atoms with van der Waals surface area (Å²) >= 11 is 0. The van der Waals surface area contributed by atoms with Gasteiger partial charge in [-0.3, -0.25) is 0 Å². The van der Waals surface area contributed by atoms with E-state index in [1.807, 2.05) is 6.07 Å². The summed E-state index contributed by atoms with van der Waals surface area (Å²) in [6, 6.07) is 5.85. The third-order valence-corrected chi connectivity index (χ3v) is 4.70. The molecule has 1 aromatic heterocycles. The van der Waals surface area contributed by atoms with Crippen molar-refractivity contribution in [2.75, 3.05) is 13.1 Å². The minimum Gasteiger partial charge on any atom is -0.423 e. The number of aryl methyl sites for hydroxylation is 2. The lowest BCUT2D eigenvalue weighted by atomic mass is 10.0. The summed E-state index contributed by atoms with van der Waals surface area (Å²) in [6.07, 6.45) is 5.29. The SMILES string of the molecule is Cc1cc2oc(=O)cc(C[NH+]3CCCCCC3)c2cc1C. The highest BCUT2D eigenvalue weighted by Gasteiger charge is 2.16. The zero-order valence-corrected chi connectivity index (χ0v) is 13.0. The van der Waals surface area contributed by atoms with Crippen LogP contribution in [-0.4, -0.2) is 13.1 Å². The van der Waals surface area contributed by atoms with Crippen molar-refractivity contribution < 1.29 is 9.32 Å². The Morgan fingerprint density at radius 3 is 2.38 bits per heavy atom. The van der Waals surface area contributed by atoms with Gasteiger partial charge < -0.3 is 9.32 Å². The monoisotopic (exact) mass is 286 g/mol. The zero-order chi connectivity index (χ0) is 14.8. The van der Waals surface area contributed by atoms with Crippen LogP contribution in [-0.2, 0) is 6.54 Å². The first-order valence-corrected chi connectivity index (χ1v) is 8.01. The molecule has 0 radical (unpaired) electrons. The maximum Gasteiger partial charge on any atom is 0.336 e. The molecule has 1 N–H and O–H groups in total. The molecule has 3 rings (SSSR count). The van der Waals surface area contributed by atoms with Crippen molar-refractivity contribution in [3.8, 4) is 0 Å². The van der Waals surface area contributed by atoms with Crippen LogP contribution in [0.15, 0.2) is 27.4 Å². The first kappa shape index (κ1) is 14.3. The van der Waals surface area contributed by atoms with E-state index in [9.17, 15) is 4.79 Å². The third-order valence-electron chi connectivity index (χ3n) is 4.70. The van der Waals surface area contributed by atoms with Crippen LogP contribution in [0.1, 0.15) is 42.4 Å². The molecule has 0 unspecified atom stereocenters. The standard InChI is InChI=1S/C18H23NO2/c1-13-9-16-15(12-19-7-5-3-4-6-8-19)11-18(20)21-17(16)10-14(13)2/h9-11H,3-8,12H2,1-2H3/p+1. The molecule has 0 aliphatic carbocycles. The lowest BCUT2D eigenvalue weighted by Crippen LogP contribution is -3.10. The van der Waals surface area contributed by atoms with Crippen molar-refractivity contribution in [1.29, 1.82) is 0 Å². The van der Waals surface area contributed by atoms with Crippen LogP contribution >= 0.6 is 0 Å². The summed E-state index contributed by atoms with van der Waals surface area (Å²) < 4.78 is 5.39. The van der Waals surface area contributed by atoms with Crippen LogP contribution in [0.2, 0.25) is 0 Å². The van der Waals surface area contributed by atoms with Gasteiger partial charge in [-0.25, -0.2) is 4.79 Å². The molecule has 3 nitrogen and oxygen atoms in total. The largest absolute Gasteiger partial charge is 0.423 e. The van der Waals surface area contributed by atoms with E-state index in [1.54, 1.807) is 11.0 Å². The van der Waals surface area contributed by atoms with Gasteiger partial charge >= 0.3 is 5.63 Å². The molecule has 1 aliphatic heterocycles. The molecule has 2 heterocycles. The first-order valence-electron chi connectivity index (χ1n) is 8.01. The van der Waals surface area contributed by atoms with Crippen LogP contribution in [0.3, 0.4) is 0 Å². The Bertz CT molecular complexity index is 694. The molecule has 0 atom stereocenters. The Kier molecular flexibility index (Phi) is 4.11. The average molecular weight is 286 g/mol. The first-order chi connectivity index (χ1) is 10.1. The van der Waals surface area contributed by atoms with Crippen LogP contribution < -0.4 is 10.5 Å². The Morgan fingerprint density at radius 1 is 1.00 bits per heavy atom. The van der Waals surface area contributed by atoms with Crippen LogP contribution in [0.25, 0.3) is 11.0 Å². The topological polar surface area (TPSA) is 34.6 Å². The summed E-state index contributed by atoms with van der Waals surface area (Å²) in [5.74, 6) is 0. The van der Waals surface area contributed by atoms with Crippen molar-refractivity contribution >= 4 is 11.0 Å². The molecule has 112 valence electrons. The van der Waals surface area contributed by atoms with E-state index >= 15 is 0 Å². The lowest BCUT2D eigenvalue weighted by Gasteiger charge is -2.18. The number of benzene rings is 1. The normalized spacial score (nSPS) is 17.0. The third kappa shape index (κ3) is 3.18. The minimum absolute atomic E-state index is 0.227. The van der Waals surface area contributed by atoms with E-state index in [-0.39, 0.29) is 5.63 Å². The summed E-state index contributed by atoms with van der Waals surface area (Å²) in [6.45, 7) is 7.54. The molecule has 1 saturated heterocycles. The van der Waals surface area contributed by atoms with Crippen molar-refractivity contribution in [3.63, 3.8) is 0 Å². The Morgan fingerprint density at radius 2 is 1.67 bits per heavy atom. The van der Waals surface area contributed by atoms with E-state index in [0.29, 0.717) is 0 Å². The smallest absolute Gasteiger partial charge is 0.336 e. The molecule has 21 heavy (non-hydrogen) atoms. The maximum atomic E-state index is 11.8. The molecule has 0 saturated carbocycles. The predicted octanol–water partition coefficient (Wildman–Crippen LogP) is 2.37. The van der Waals surface area contributed by atoms with Gasteiger partial charge in [0, 0.05) is 17.0 Å². The van der Waals surface area contributed by atoms with Gasteiger partial charge in [0.2, 0.25) is 0 Å². The van der Waals surface area contributed by atoms with Crippen molar-refractivity contribution in [1.82, 2.24) is 0 Å². The number of likely N-dealkylation sites (tertiary alicyclic amines) is 1. The van der Waals surface area contributed by atoms with E-state index in [0.717, 1.165) is 23.1 Å². The highest BCUT2D eigenvalue weighted by molar-refractivity contribution is 5.81. The van der Waals surface area contributed by atoms with E-state index < -0.39 is 0 Å². The molecule has 0 spiro atoms. The molecule has 3 heteroatoms. The van der Waals surface area contributed by atoms with Crippen LogP contribution in [0.4, 0.5) is 0 Å². The van der Waals surface area contributed by atoms with Gasteiger partial charge in [0.15, 0.2) is 0 Å². The molecule has 1 fully saturated rings. The highest BCUT2D eigenvalue weighted by atomic mass is 16.4. The minimum atomic E-state index is -0.227. The lowest BCUT2D eigenvalue weighted by molar-refractivity contribution is -0.913. The van der Waals surface area contributed by atoms with Gasteiger partial charge in [-0.15, -0.1) is 0 Å². The molecule has 1 aliphatic rings. The Labute approximate surface area is 125 Å². The Hall–Kier alpha value is -1.61. The predicted molar refractivity (Wildman–Crippen MR) is 84.8 cm³/mol. The second kappa shape index (κ2) is 6.02. The van der Waals surface area contributed by atoms with Crippen molar-refractivity contribution in [2.45, 2.75) is 46.1 Å². The fourth-order valence-electron chi connectivity index (χ4n) is 3.30. The molecule has 0 amide bonds. The second-order valence-corrected chi connectivity index (χ2v) is 6.36. The number of fused-ring (bicyclic) bond motifs is 1. The quantitative estimate of drug-likeness (QED) is 0.860. The fourth-order valence-corrected chi connectivity index (χ4v) is 3.30. The summed E-state index contributed by atoms with van der Waals surface area (Å²) in [4.78, 5) is 13.4. The molecule has 2 aromatic rings. The van der Waals surface area contributed by atoms with Gasteiger partial charge in [-0.2, -0.15) is 0 Å². The maximum absolute atomic E-state index is 11.8. The number of hydrogen-bond donors (Lipinski definition) is 1. The number of rotatable bonds is 2. The van der Waals surface area contributed by atoms with Crippen molar-refractivity contribution in [2.24, 2.45) is 0 Å². The van der Waals surface area contributed by atoms with E-state index in [4.69, 9.17) is 4.42 Å². The van der Waals surface area contributed by atoms with Crippen molar-refractivity contribution in [3.05, 3.63) is 45.3 Å². The molecule has 1 aromatic carbocycles. The average Bonchev–Trinajstić information content (AvgIpc) is 2.69. The van der Waals surface area contributed by atoms with Gasteiger partial charge in [0.25, 0.3) is 0 Å². The van der Waals surface area contributed by atoms with Crippen LogP contribution in [0.5, 0.6) is 0 Å². The van der Waals surface area contributed by atoms with Gasteiger partial charge in [-0.1, -0.05) is 0 Å². The van der Waals surface area contributed by atoms with Gasteiger partial charge in [0.1, 0.15) is 12.1 Å². The number of nitrogens with one attached hydrogen (secondary N) is 1. The zero-order valence-electron chi connectivity index (χ0n) is 13.0. The van der Waals surface area contributed by atoms with Gasteiger partial charge in [0.05, 0.1) is 13.1 Å². The van der Waals surface area contributed by atoms with E-state index in [2.05, 4.69) is 19.9 Å². The second-order valence-electron chi connectivity index (χ2n) is 6.36. The fraction of sp³-hybridized carbons (Fsp3) is 0.500. The number of hydrogen-bond acceptors (Lipinski definition) is 2. The van der Waals surface area contributed by atoms with Gasteiger partial charge in [-0.05, 0) is 62.8 Å². The number of quaternary nitrogens is 1. The molecular formula is C18H24NO2+. The summed E-state index contributed by atoms with van der Waals surface area (Å²) in [5, 5.41) is 1.11. The molecule has 0 bridgehead atoms. The Balaban J connectivity index is 2.00. The van der Waals surface area contributed by atoms with E-state index in [1.165, 1.54) is 49.9 Å².